The predicted octanol–water partition coefficient (Wildman–Crippen LogP) is 0.631. The average Bonchev–Trinajstić information content (AvgIpc) is 1.97. The molecule has 0 bridgehead atoms. The van der Waals surface area contributed by atoms with E-state index in [9.17, 15) is 4.79 Å². The van der Waals surface area contributed by atoms with Crippen LogP contribution in [0.5, 0.6) is 0 Å². The van der Waals surface area contributed by atoms with Crippen molar-refractivity contribution in [2.75, 3.05) is 6.54 Å². The summed E-state index contributed by atoms with van der Waals surface area (Å²) < 4.78 is 0. The molecular weight excluding hydrogens is 128 g/mol. The van der Waals surface area contributed by atoms with Crippen molar-refractivity contribution in [3.05, 3.63) is 6.92 Å². The number of carbonyl (C=O) groups is 1. The third-order valence-electron chi connectivity index (χ3n) is 0.963. The number of carbonyl (C=O) groups excluding carboxylic acids is 1. The number of nitriles is 1. The number of hydrogen-bond donors (Lipinski definition) is 1. The van der Waals surface area contributed by atoms with Crippen molar-refractivity contribution in [3.8, 4) is 6.07 Å². The molecule has 0 heterocycles. The van der Waals surface area contributed by atoms with Gasteiger partial charge in [-0.25, -0.2) is 0 Å². The highest BCUT2D eigenvalue weighted by molar-refractivity contribution is 5.75. The number of nitrogens with one attached hydrogen (secondary N) is 1. The first-order chi connectivity index (χ1) is 4.81. The van der Waals surface area contributed by atoms with Crippen LogP contribution >= 0.6 is 0 Å². The summed E-state index contributed by atoms with van der Waals surface area (Å²) in [6.45, 7) is 4.16. The van der Waals surface area contributed by atoms with E-state index in [0.717, 1.165) is 0 Å². The molecular formula is C7H11N2O. The van der Waals surface area contributed by atoms with Crippen LogP contribution in [0.25, 0.3) is 0 Å². The minimum absolute atomic E-state index is 0.0646. The lowest BCUT2D eigenvalue weighted by Crippen LogP contribution is -2.23. The molecule has 0 aliphatic heterocycles. The molecule has 0 spiro atoms. The molecule has 0 saturated carbocycles. The van der Waals surface area contributed by atoms with Gasteiger partial charge in [-0.15, -0.1) is 0 Å². The third-order valence-corrected chi connectivity index (χ3v) is 0.963. The van der Waals surface area contributed by atoms with Gasteiger partial charge in [-0.1, -0.05) is 6.92 Å². The largest absolute Gasteiger partial charge is 0.356 e. The Balaban J connectivity index is 3.19. The van der Waals surface area contributed by atoms with Gasteiger partial charge in [0, 0.05) is 19.4 Å². The molecule has 0 aromatic carbocycles. The normalized spacial score (nSPS) is 8.40. The summed E-state index contributed by atoms with van der Waals surface area (Å²) in [5.74, 6) is -0.0646. The molecule has 0 atom stereocenters. The summed E-state index contributed by atoms with van der Waals surface area (Å²) in [7, 11) is 0. The number of rotatable bonds is 4. The Morgan fingerprint density at radius 3 is 2.90 bits per heavy atom. The smallest absolute Gasteiger partial charge is 0.221 e. The zero-order valence-corrected chi connectivity index (χ0v) is 5.89. The van der Waals surface area contributed by atoms with Crippen LogP contribution < -0.4 is 5.32 Å². The molecule has 0 aliphatic rings. The lowest BCUT2D eigenvalue weighted by Gasteiger charge is -1.98. The van der Waals surface area contributed by atoms with E-state index in [4.69, 9.17) is 5.26 Å². The molecule has 55 valence electrons. The lowest BCUT2D eigenvalue weighted by atomic mass is 10.3. The van der Waals surface area contributed by atoms with Crippen LogP contribution in [0, 0.1) is 18.3 Å². The summed E-state index contributed by atoms with van der Waals surface area (Å²) in [4.78, 5) is 10.7. The topological polar surface area (TPSA) is 52.9 Å². The fourth-order valence-corrected chi connectivity index (χ4v) is 0.486. The second kappa shape index (κ2) is 6.09. The molecule has 0 saturated heterocycles. The van der Waals surface area contributed by atoms with Crippen LogP contribution in [0.2, 0.25) is 0 Å². The van der Waals surface area contributed by atoms with Crippen LogP contribution in [0.15, 0.2) is 0 Å². The molecule has 1 N–H and O–H groups in total. The first-order valence-corrected chi connectivity index (χ1v) is 3.24. The van der Waals surface area contributed by atoms with E-state index in [2.05, 4.69) is 12.2 Å². The highest BCUT2D eigenvalue weighted by atomic mass is 16.1. The minimum atomic E-state index is -0.0646. The first-order valence-electron chi connectivity index (χ1n) is 3.24. The summed E-state index contributed by atoms with van der Waals surface area (Å²) in [5, 5.41) is 10.7. The monoisotopic (exact) mass is 139 g/mol. The molecule has 10 heavy (non-hydrogen) atoms. The van der Waals surface area contributed by atoms with Crippen LogP contribution in [-0.2, 0) is 4.79 Å². The third kappa shape index (κ3) is 5.10. The SMILES string of the molecule is [CH2]CCNC(=O)CCC#N. The van der Waals surface area contributed by atoms with Gasteiger partial charge in [0.1, 0.15) is 0 Å². The van der Waals surface area contributed by atoms with Gasteiger partial charge in [0.25, 0.3) is 0 Å². The fourth-order valence-electron chi connectivity index (χ4n) is 0.486. The maximum atomic E-state index is 10.7. The Kier molecular flexibility index (Phi) is 5.45. The van der Waals surface area contributed by atoms with E-state index in [1.54, 1.807) is 0 Å². The van der Waals surface area contributed by atoms with Gasteiger partial charge in [-0.3, -0.25) is 4.79 Å². The van der Waals surface area contributed by atoms with Crippen molar-refractivity contribution in [3.63, 3.8) is 0 Å². The maximum Gasteiger partial charge on any atom is 0.221 e. The number of hydrogen-bond acceptors (Lipinski definition) is 2. The molecule has 0 aromatic heterocycles. The van der Waals surface area contributed by atoms with Gasteiger partial charge in [0.2, 0.25) is 5.91 Å². The Labute approximate surface area is 61.0 Å². The molecule has 0 rings (SSSR count). The van der Waals surface area contributed by atoms with E-state index in [1.165, 1.54) is 0 Å². The molecule has 0 aromatic rings. The standard InChI is InChI=1S/C7H11N2O/c1-2-6-9-7(10)4-3-5-8/h1-4,6H2,(H,9,10). The van der Waals surface area contributed by atoms with Crippen molar-refractivity contribution in [1.29, 1.82) is 5.26 Å². The lowest BCUT2D eigenvalue weighted by molar-refractivity contribution is -0.120. The molecule has 1 amide bonds. The van der Waals surface area contributed by atoms with Crippen molar-refractivity contribution >= 4 is 5.91 Å². The fraction of sp³-hybridized carbons (Fsp3) is 0.571. The Morgan fingerprint density at radius 2 is 2.40 bits per heavy atom. The summed E-state index contributed by atoms with van der Waals surface area (Å²) in [5.41, 5.74) is 0. The molecule has 3 heteroatoms. The number of amides is 1. The first kappa shape index (κ1) is 8.96. The zero-order valence-electron chi connectivity index (χ0n) is 5.89. The van der Waals surface area contributed by atoms with Gasteiger partial charge in [-0.2, -0.15) is 5.26 Å². The van der Waals surface area contributed by atoms with Crippen LogP contribution in [0.3, 0.4) is 0 Å². The second-order valence-corrected chi connectivity index (χ2v) is 1.86. The van der Waals surface area contributed by atoms with Crippen LogP contribution in [0.4, 0.5) is 0 Å². The van der Waals surface area contributed by atoms with Gasteiger partial charge in [0.15, 0.2) is 0 Å². The Morgan fingerprint density at radius 1 is 1.70 bits per heavy atom. The Hall–Kier alpha value is -1.04. The van der Waals surface area contributed by atoms with Gasteiger partial charge in [-0.05, 0) is 6.42 Å². The van der Waals surface area contributed by atoms with E-state index < -0.39 is 0 Å². The molecule has 0 aliphatic carbocycles. The van der Waals surface area contributed by atoms with Crippen molar-refractivity contribution in [2.24, 2.45) is 0 Å². The average molecular weight is 139 g/mol. The predicted molar refractivity (Wildman–Crippen MR) is 37.8 cm³/mol. The molecule has 0 fully saturated rings. The van der Waals surface area contributed by atoms with Gasteiger partial charge < -0.3 is 5.32 Å². The number of nitrogens with zero attached hydrogens (tertiary/aromatic N) is 1. The van der Waals surface area contributed by atoms with Gasteiger partial charge >= 0.3 is 0 Å². The van der Waals surface area contributed by atoms with E-state index >= 15 is 0 Å². The van der Waals surface area contributed by atoms with Crippen molar-refractivity contribution in [2.45, 2.75) is 19.3 Å². The second-order valence-electron chi connectivity index (χ2n) is 1.86. The highest BCUT2D eigenvalue weighted by Gasteiger charge is 1.96. The van der Waals surface area contributed by atoms with E-state index in [0.29, 0.717) is 25.8 Å². The maximum absolute atomic E-state index is 10.7. The molecule has 1 radical (unpaired) electrons. The highest BCUT2D eigenvalue weighted by Crippen LogP contribution is 1.85. The quantitative estimate of drug-likeness (QED) is 0.621. The van der Waals surface area contributed by atoms with Crippen LogP contribution in [-0.4, -0.2) is 12.5 Å². The zero-order chi connectivity index (χ0) is 7.82. The van der Waals surface area contributed by atoms with Gasteiger partial charge in [0.05, 0.1) is 6.07 Å². The summed E-state index contributed by atoms with van der Waals surface area (Å²) in [6.07, 6.45) is 1.29. The van der Waals surface area contributed by atoms with Crippen molar-refractivity contribution < 1.29 is 4.79 Å². The van der Waals surface area contributed by atoms with Crippen molar-refractivity contribution in [1.82, 2.24) is 5.32 Å². The van der Waals surface area contributed by atoms with E-state index in [-0.39, 0.29) is 5.91 Å². The summed E-state index contributed by atoms with van der Waals surface area (Å²) in [6, 6.07) is 1.90. The van der Waals surface area contributed by atoms with Crippen LogP contribution in [0.1, 0.15) is 19.3 Å². The minimum Gasteiger partial charge on any atom is -0.356 e. The molecule has 0 unspecified atom stereocenters. The van der Waals surface area contributed by atoms with E-state index in [1.807, 2.05) is 6.07 Å². The Bertz CT molecular complexity index is 137. The summed E-state index contributed by atoms with van der Waals surface area (Å²) >= 11 is 0. The molecule has 3 nitrogen and oxygen atoms in total.